The molecular weight excluding hydrogens is 206 g/mol. The number of aryl methyl sites for hydroxylation is 1. The summed E-state index contributed by atoms with van der Waals surface area (Å²) >= 11 is 0. The van der Waals surface area contributed by atoms with Crippen LogP contribution in [0.5, 0.6) is 0 Å². The molecule has 0 saturated heterocycles. The van der Waals surface area contributed by atoms with Gasteiger partial charge in [0.15, 0.2) is 0 Å². The number of rotatable bonds is 1. The highest BCUT2D eigenvalue weighted by Crippen LogP contribution is 2.37. The van der Waals surface area contributed by atoms with Crippen molar-refractivity contribution in [2.45, 2.75) is 58.4 Å². The van der Waals surface area contributed by atoms with Gasteiger partial charge in [0.2, 0.25) is 0 Å². The van der Waals surface area contributed by atoms with Crippen molar-refractivity contribution in [3.05, 3.63) is 28.8 Å². The summed E-state index contributed by atoms with van der Waals surface area (Å²) in [5.41, 5.74) is 5.87. The Labute approximate surface area is 105 Å². The zero-order valence-corrected chi connectivity index (χ0v) is 11.1. The average molecular weight is 229 g/mol. The van der Waals surface area contributed by atoms with Gasteiger partial charge in [0, 0.05) is 11.7 Å². The molecule has 1 aliphatic carbocycles. The first-order valence-corrected chi connectivity index (χ1v) is 7.11. The second-order valence-electron chi connectivity index (χ2n) is 5.89. The molecule has 3 rings (SSSR count). The molecule has 1 aromatic carbocycles. The Kier molecular flexibility index (Phi) is 2.85. The SMILES string of the molecule is Cc1ccc2c(c1C)NC(C1CCCCC1)C2. The van der Waals surface area contributed by atoms with Gasteiger partial charge in [-0.3, -0.25) is 0 Å². The standard InChI is InChI=1S/C16H23N/c1-11-8-9-14-10-15(17-16(14)12(11)2)13-6-4-3-5-7-13/h8-9,13,15,17H,3-7,10H2,1-2H3. The topological polar surface area (TPSA) is 12.0 Å². The van der Waals surface area contributed by atoms with E-state index in [9.17, 15) is 0 Å². The highest BCUT2D eigenvalue weighted by atomic mass is 15.0. The van der Waals surface area contributed by atoms with Crippen molar-refractivity contribution in [2.24, 2.45) is 5.92 Å². The monoisotopic (exact) mass is 229 g/mol. The first-order valence-electron chi connectivity index (χ1n) is 7.11. The van der Waals surface area contributed by atoms with E-state index in [0.29, 0.717) is 6.04 Å². The highest BCUT2D eigenvalue weighted by molar-refractivity contribution is 5.64. The van der Waals surface area contributed by atoms with Gasteiger partial charge in [-0.05, 0) is 55.7 Å². The lowest BCUT2D eigenvalue weighted by molar-refractivity contribution is 0.321. The van der Waals surface area contributed by atoms with Gasteiger partial charge in [-0.2, -0.15) is 0 Å². The summed E-state index contributed by atoms with van der Waals surface area (Å²) in [4.78, 5) is 0. The molecule has 2 aliphatic rings. The van der Waals surface area contributed by atoms with Crippen LogP contribution in [0.15, 0.2) is 12.1 Å². The lowest BCUT2D eigenvalue weighted by Gasteiger charge is -2.27. The van der Waals surface area contributed by atoms with Crippen LogP contribution in [-0.4, -0.2) is 6.04 Å². The summed E-state index contributed by atoms with van der Waals surface area (Å²) < 4.78 is 0. The summed E-state index contributed by atoms with van der Waals surface area (Å²) in [5.74, 6) is 0.913. The van der Waals surface area contributed by atoms with E-state index in [-0.39, 0.29) is 0 Å². The molecule has 1 N–H and O–H groups in total. The molecule has 92 valence electrons. The minimum absolute atomic E-state index is 0.714. The van der Waals surface area contributed by atoms with Crippen molar-refractivity contribution in [2.75, 3.05) is 5.32 Å². The zero-order chi connectivity index (χ0) is 11.8. The minimum Gasteiger partial charge on any atom is -0.381 e. The second kappa shape index (κ2) is 4.36. The molecule has 1 aliphatic heterocycles. The van der Waals surface area contributed by atoms with Crippen molar-refractivity contribution in [1.29, 1.82) is 0 Å². The van der Waals surface area contributed by atoms with E-state index < -0.39 is 0 Å². The number of fused-ring (bicyclic) bond motifs is 1. The predicted octanol–water partition coefficient (Wildman–Crippen LogP) is 4.22. The predicted molar refractivity (Wildman–Crippen MR) is 73.6 cm³/mol. The Morgan fingerprint density at radius 1 is 1.06 bits per heavy atom. The molecule has 0 bridgehead atoms. The van der Waals surface area contributed by atoms with E-state index in [1.54, 1.807) is 5.56 Å². The number of anilines is 1. The Bertz CT molecular complexity index is 416. The molecule has 1 fully saturated rings. The van der Waals surface area contributed by atoms with Crippen molar-refractivity contribution in [3.63, 3.8) is 0 Å². The maximum Gasteiger partial charge on any atom is 0.0408 e. The second-order valence-corrected chi connectivity index (χ2v) is 5.89. The molecule has 0 radical (unpaired) electrons. The Balaban J connectivity index is 1.80. The number of nitrogens with one attached hydrogen (secondary N) is 1. The van der Waals surface area contributed by atoms with Crippen LogP contribution in [0.3, 0.4) is 0 Å². The smallest absolute Gasteiger partial charge is 0.0408 e. The van der Waals surface area contributed by atoms with E-state index in [1.807, 2.05) is 0 Å². The Morgan fingerprint density at radius 3 is 2.59 bits per heavy atom. The first kappa shape index (κ1) is 11.1. The summed E-state index contributed by atoms with van der Waals surface area (Å²) in [5, 5.41) is 3.81. The first-order chi connectivity index (χ1) is 8.25. The molecule has 0 amide bonds. The normalized spacial score (nSPS) is 24.5. The number of hydrogen-bond acceptors (Lipinski definition) is 1. The van der Waals surface area contributed by atoms with Gasteiger partial charge >= 0.3 is 0 Å². The lowest BCUT2D eigenvalue weighted by Crippen LogP contribution is -2.28. The van der Waals surface area contributed by atoms with Crippen LogP contribution in [0.2, 0.25) is 0 Å². The van der Waals surface area contributed by atoms with E-state index in [0.717, 1.165) is 5.92 Å². The third kappa shape index (κ3) is 1.96. The summed E-state index contributed by atoms with van der Waals surface area (Å²) in [6, 6.07) is 5.32. The zero-order valence-electron chi connectivity index (χ0n) is 11.1. The summed E-state index contributed by atoms with van der Waals surface area (Å²) in [6.45, 7) is 4.47. The molecule has 1 nitrogen and oxygen atoms in total. The molecule has 1 heterocycles. The van der Waals surface area contributed by atoms with Crippen molar-refractivity contribution in [1.82, 2.24) is 0 Å². The fraction of sp³-hybridized carbons (Fsp3) is 0.625. The number of benzene rings is 1. The van der Waals surface area contributed by atoms with Gasteiger partial charge in [-0.25, -0.2) is 0 Å². The number of hydrogen-bond donors (Lipinski definition) is 1. The maximum absolute atomic E-state index is 3.81. The Morgan fingerprint density at radius 2 is 1.82 bits per heavy atom. The molecule has 1 saturated carbocycles. The third-order valence-electron chi connectivity index (χ3n) is 4.81. The molecular formula is C16H23N. The van der Waals surface area contributed by atoms with Crippen LogP contribution in [-0.2, 0) is 6.42 Å². The van der Waals surface area contributed by atoms with Gasteiger partial charge in [0.1, 0.15) is 0 Å². The van der Waals surface area contributed by atoms with Crippen molar-refractivity contribution in [3.8, 4) is 0 Å². The van der Waals surface area contributed by atoms with Crippen LogP contribution in [0.4, 0.5) is 5.69 Å². The molecule has 1 atom stereocenters. The van der Waals surface area contributed by atoms with Crippen LogP contribution >= 0.6 is 0 Å². The van der Waals surface area contributed by atoms with Crippen LogP contribution < -0.4 is 5.32 Å². The van der Waals surface area contributed by atoms with Gasteiger partial charge in [0.25, 0.3) is 0 Å². The fourth-order valence-electron chi connectivity index (χ4n) is 3.54. The minimum atomic E-state index is 0.714. The van der Waals surface area contributed by atoms with E-state index in [2.05, 4.69) is 31.3 Å². The van der Waals surface area contributed by atoms with Crippen molar-refractivity contribution < 1.29 is 0 Å². The van der Waals surface area contributed by atoms with Crippen LogP contribution in [0, 0.1) is 19.8 Å². The maximum atomic E-state index is 3.81. The highest BCUT2D eigenvalue weighted by Gasteiger charge is 2.29. The lowest BCUT2D eigenvalue weighted by atomic mass is 9.83. The van der Waals surface area contributed by atoms with Crippen LogP contribution in [0.1, 0.15) is 48.8 Å². The molecule has 0 spiro atoms. The molecule has 0 aromatic heterocycles. The summed E-state index contributed by atoms with van der Waals surface area (Å²) in [6.07, 6.45) is 8.46. The van der Waals surface area contributed by atoms with Gasteiger partial charge in [0.05, 0.1) is 0 Å². The Hall–Kier alpha value is -0.980. The van der Waals surface area contributed by atoms with Crippen molar-refractivity contribution >= 4 is 5.69 Å². The third-order valence-corrected chi connectivity index (χ3v) is 4.81. The van der Waals surface area contributed by atoms with Gasteiger partial charge in [-0.15, -0.1) is 0 Å². The molecule has 1 unspecified atom stereocenters. The molecule has 1 heteroatoms. The largest absolute Gasteiger partial charge is 0.381 e. The van der Waals surface area contributed by atoms with E-state index in [1.165, 1.54) is 55.3 Å². The average Bonchev–Trinajstić information content (AvgIpc) is 2.80. The van der Waals surface area contributed by atoms with E-state index >= 15 is 0 Å². The summed E-state index contributed by atoms with van der Waals surface area (Å²) in [7, 11) is 0. The quantitative estimate of drug-likeness (QED) is 0.760. The van der Waals surface area contributed by atoms with E-state index in [4.69, 9.17) is 0 Å². The fourth-order valence-corrected chi connectivity index (χ4v) is 3.54. The molecule has 1 aromatic rings. The van der Waals surface area contributed by atoms with Gasteiger partial charge < -0.3 is 5.32 Å². The van der Waals surface area contributed by atoms with Crippen LogP contribution in [0.25, 0.3) is 0 Å². The molecule has 17 heavy (non-hydrogen) atoms. The van der Waals surface area contributed by atoms with Gasteiger partial charge in [-0.1, -0.05) is 31.4 Å².